The van der Waals surface area contributed by atoms with Crippen molar-refractivity contribution in [3.8, 4) is 0 Å². The zero-order chi connectivity index (χ0) is 21.8. The first-order valence-electron chi connectivity index (χ1n) is 10.1. The molecule has 1 atom stereocenters. The number of furan rings is 1. The first kappa shape index (κ1) is 20.6. The van der Waals surface area contributed by atoms with Gasteiger partial charge in [-0.05, 0) is 48.2 Å². The van der Waals surface area contributed by atoms with Crippen LogP contribution in [-0.2, 0) is 22.4 Å². The molecule has 6 heteroatoms. The summed E-state index contributed by atoms with van der Waals surface area (Å²) in [5.41, 5.74) is 1.91. The molecule has 0 spiro atoms. The van der Waals surface area contributed by atoms with Gasteiger partial charge in [0, 0.05) is 13.0 Å². The number of aryl methyl sites for hydroxylation is 1. The molecular weight excluding hydrogens is 397 g/mol. The third kappa shape index (κ3) is 4.43. The maximum absolute atomic E-state index is 13.2. The van der Waals surface area contributed by atoms with Crippen LogP contribution in [0.4, 0.5) is 4.39 Å². The number of Topliss-reactive ketones (excluding diaryl/α,β-unsaturated/α-hetero) is 1. The number of halogens is 1. The minimum atomic E-state index is -0.786. The van der Waals surface area contributed by atoms with E-state index in [0.29, 0.717) is 18.6 Å². The Balaban J connectivity index is 1.55. The molecule has 5 nitrogen and oxygen atoms in total. The van der Waals surface area contributed by atoms with Crippen molar-refractivity contribution < 1.29 is 23.5 Å². The van der Waals surface area contributed by atoms with Crippen LogP contribution in [0, 0.1) is 5.82 Å². The van der Waals surface area contributed by atoms with Crippen molar-refractivity contribution in [1.82, 2.24) is 4.90 Å². The van der Waals surface area contributed by atoms with Gasteiger partial charge >= 0.3 is 0 Å². The molecule has 1 N–H and O–H groups in total. The van der Waals surface area contributed by atoms with E-state index in [0.717, 1.165) is 11.1 Å². The molecule has 1 aromatic heterocycles. The number of carbonyl (C=O) groups excluding carboxylic acids is 2. The summed E-state index contributed by atoms with van der Waals surface area (Å²) in [7, 11) is 0. The largest absolute Gasteiger partial charge is 0.503 e. The molecule has 1 amide bonds. The van der Waals surface area contributed by atoms with Crippen molar-refractivity contribution in [2.45, 2.75) is 25.3 Å². The van der Waals surface area contributed by atoms with Crippen LogP contribution in [0.5, 0.6) is 0 Å². The number of hydrogen-bond acceptors (Lipinski definition) is 4. The van der Waals surface area contributed by atoms with Crippen LogP contribution in [-0.4, -0.2) is 28.2 Å². The van der Waals surface area contributed by atoms with Crippen LogP contribution >= 0.6 is 0 Å². The number of aliphatic hydroxyl groups excluding tert-OH is 1. The van der Waals surface area contributed by atoms with Crippen molar-refractivity contribution in [2.24, 2.45) is 0 Å². The molecule has 0 fully saturated rings. The predicted octanol–water partition coefficient (Wildman–Crippen LogP) is 4.56. The Bertz CT molecular complexity index is 1090. The highest BCUT2D eigenvalue weighted by molar-refractivity contribution is 6.08. The number of ketones is 1. The molecule has 0 bridgehead atoms. The van der Waals surface area contributed by atoms with Gasteiger partial charge in [-0.1, -0.05) is 42.5 Å². The predicted molar refractivity (Wildman–Crippen MR) is 113 cm³/mol. The van der Waals surface area contributed by atoms with E-state index in [1.165, 1.54) is 23.3 Å². The molecule has 3 aromatic rings. The van der Waals surface area contributed by atoms with E-state index >= 15 is 0 Å². The zero-order valence-corrected chi connectivity index (χ0v) is 16.8. The molecule has 1 aliphatic heterocycles. The number of hydrogen-bond donors (Lipinski definition) is 1. The Morgan fingerprint density at radius 1 is 0.968 bits per heavy atom. The van der Waals surface area contributed by atoms with Crippen LogP contribution in [0.15, 0.2) is 88.7 Å². The highest BCUT2D eigenvalue weighted by Crippen LogP contribution is 2.38. The second-order valence-electron chi connectivity index (χ2n) is 7.46. The Morgan fingerprint density at radius 2 is 1.68 bits per heavy atom. The Kier molecular flexibility index (Phi) is 5.98. The summed E-state index contributed by atoms with van der Waals surface area (Å²) in [6, 6.07) is 18.2. The quantitative estimate of drug-likeness (QED) is 0.581. The Labute approximate surface area is 179 Å². The summed E-state index contributed by atoms with van der Waals surface area (Å²) in [6.45, 7) is 0.245. The average Bonchev–Trinajstić information content (AvgIpc) is 3.40. The van der Waals surface area contributed by atoms with E-state index in [1.54, 1.807) is 24.3 Å². The fraction of sp³-hybridized carbons (Fsp3) is 0.200. The maximum Gasteiger partial charge on any atom is 0.290 e. The van der Waals surface area contributed by atoms with Crippen molar-refractivity contribution in [3.63, 3.8) is 0 Å². The number of benzene rings is 2. The smallest absolute Gasteiger partial charge is 0.290 e. The molecule has 2 heterocycles. The topological polar surface area (TPSA) is 70.8 Å². The molecule has 0 saturated carbocycles. The monoisotopic (exact) mass is 419 g/mol. The summed E-state index contributed by atoms with van der Waals surface area (Å²) in [5.74, 6) is -1.34. The van der Waals surface area contributed by atoms with Gasteiger partial charge in [0.25, 0.3) is 5.91 Å². The number of carbonyl (C=O) groups is 2. The van der Waals surface area contributed by atoms with Gasteiger partial charge in [-0.15, -0.1) is 0 Å². The molecule has 1 aliphatic rings. The standard InChI is InChI=1S/C25H22FNO4/c26-19-11-8-18(9-12-19)14-15-27-23(21-7-4-16-31-21)22(24(29)25(27)30)20(28)13-10-17-5-2-1-3-6-17/h1-9,11-12,16,23,29H,10,13-15H2. The first-order valence-corrected chi connectivity index (χ1v) is 10.1. The molecule has 31 heavy (non-hydrogen) atoms. The summed E-state index contributed by atoms with van der Waals surface area (Å²) in [4.78, 5) is 27.3. The number of rotatable bonds is 8. The average molecular weight is 419 g/mol. The normalized spacial score (nSPS) is 16.2. The molecule has 1 unspecified atom stereocenters. The van der Waals surface area contributed by atoms with Crippen molar-refractivity contribution in [3.05, 3.63) is 107 Å². The van der Waals surface area contributed by atoms with E-state index < -0.39 is 17.7 Å². The lowest BCUT2D eigenvalue weighted by Gasteiger charge is -2.25. The molecule has 0 saturated heterocycles. The lowest BCUT2D eigenvalue weighted by atomic mass is 9.96. The van der Waals surface area contributed by atoms with Gasteiger partial charge in [0.05, 0.1) is 11.8 Å². The second-order valence-corrected chi connectivity index (χ2v) is 7.46. The van der Waals surface area contributed by atoms with Crippen molar-refractivity contribution >= 4 is 11.7 Å². The van der Waals surface area contributed by atoms with Crippen LogP contribution in [0.3, 0.4) is 0 Å². The van der Waals surface area contributed by atoms with Gasteiger partial charge in [-0.2, -0.15) is 0 Å². The number of aliphatic hydroxyl groups is 1. The Morgan fingerprint density at radius 3 is 2.35 bits per heavy atom. The minimum absolute atomic E-state index is 0.0648. The lowest BCUT2D eigenvalue weighted by Crippen LogP contribution is -2.32. The SMILES string of the molecule is O=C(CCc1ccccc1)C1=C(O)C(=O)N(CCc2ccc(F)cc2)C1c1ccco1. The first-order chi connectivity index (χ1) is 15.0. The molecule has 0 radical (unpaired) electrons. The van der Waals surface area contributed by atoms with Crippen LogP contribution in [0.25, 0.3) is 0 Å². The van der Waals surface area contributed by atoms with E-state index in [4.69, 9.17) is 4.42 Å². The molecule has 4 rings (SSSR count). The zero-order valence-electron chi connectivity index (χ0n) is 16.8. The summed E-state index contributed by atoms with van der Waals surface area (Å²) in [5, 5.41) is 10.6. The van der Waals surface area contributed by atoms with Gasteiger partial charge in [-0.3, -0.25) is 9.59 Å². The summed E-state index contributed by atoms with van der Waals surface area (Å²) in [6.07, 6.45) is 2.59. The molecule has 158 valence electrons. The summed E-state index contributed by atoms with van der Waals surface area (Å²) >= 11 is 0. The fourth-order valence-electron chi connectivity index (χ4n) is 3.85. The van der Waals surface area contributed by atoms with Crippen LogP contribution in [0.2, 0.25) is 0 Å². The summed E-state index contributed by atoms with van der Waals surface area (Å²) < 4.78 is 18.7. The second kappa shape index (κ2) is 9.00. The molecular formula is C25H22FNO4. The molecule has 2 aromatic carbocycles. The van der Waals surface area contributed by atoms with Gasteiger partial charge in [0.2, 0.25) is 0 Å². The van der Waals surface area contributed by atoms with Gasteiger partial charge in [-0.25, -0.2) is 4.39 Å². The van der Waals surface area contributed by atoms with Crippen LogP contribution < -0.4 is 0 Å². The maximum atomic E-state index is 13.2. The highest BCUT2D eigenvalue weighted by atomic mass is 19.1. The minimum Gasteiger partial charge on any atom is -0.503 e. The van der Waals surface area contributed by atoms with Gasteiger partial charge < -0.3 is 14.4 Å². The van der Waals surface area contributed by atoms with Gasteiger partial charge in [0.15, 0.2) is 11.5 Å². The molecule has 0 aliphatic carbocycles. The number of nitrogens with zero attached hydrogens (tertiary/aromatic N) is 1. The van der Waals surface area contributed by atoms with Gasteiger partial charge in [0.1, 0.15) is 17.6 Å². The van der Waals surface area contributed by atoms with E-state index in [2.05, 4.69) is 0 Å². The van der Waals surface area contributed by atoms with E-state index in [1.807, 2.05) is 30.3 Å². The van der Waals surface area contributed by atoms with E-state index in [-0.39, 0.29) is 30.1 Å². The third-order valence-corrected chi connectivity index (χ3v) is 5.45. The van der Waals surface area contributed by atoms with Crippen molar-refractivity contribution in [1.29, 1.82) is 0 Å². The lowest BCUT2D eigenvalue weighted by molar-refractivity contribution is -0.129. The third-order valence-electron chi connectivity index (χ3n) is 5.45. The highest BCUT2D eigenvalue weighted by Gasteiger charge is 2.44. The van der Waals surface area contributed by atoms with Crippen molar-refractivity contribution in [2.75, 3.05) is 6.54 Å². The number of amides is 1. The fourth-order valence-corrected chi connectivity index (χ4v) is 3.85. The van der Waals surface area contributed by atoms with E-state index in [9.17, 15) is 19.1 Å². The van der Waals surface area contributed by atoms with Crippen LogP contribution in [0.1, 0.15) is 29.3 Å². The Hall–Kier alpha value is -3.67.